The molecule has 3 aromatic carbocycles. The van der Waals surface area contributed by atoms with Gasteiger partial charge in [0.05, 0.1) is 28.4 Å². The van der Waals surface area contributed by atoms with Crippen LogP contribution in [-0.2, 0) is 16.4 Å². The number of nitrogens with two attached hydrogens (primary N) is 1. The number of rotatable bonds is 9. The van der Waals surface area contributed by atoms with Crippen molar-refractivity contribution in [3.63, 3.8) is 0 Å². The largest absolute Gasteiger partial charge is 0.384 e. The van der Waals surface area contributed by atoms with Gasteiger partial charge in [-0.3, -0.25) is 19.6 Å². The third-order valence-corrected chi connectivity index (χ3v) is 7.73. The van der Waals surface area contributed by atoms with Crippen LogP contribution in [0.5, 0.6) is 0 Å². The Labute approximate surface area is 214 Å². The minimum atomic E-state index is -3.49. The molecule has 0 aliphatic rings. The minimum Gasteiger partial charge on any atom is -0.384 e. The highest BCUT2D eigenvalue weighted by molar-refractivity contribution is 7.91. The van der Waals surface area contributed by atoms with Gasteiger partial charge in [0, 0.05) is 17.5 Å². The molecule has 0 saturated carbocycles. The van der Waals surface area contributed by atoms with Crippen LogP contribution in [0.15, 0.2) is 83.8 Å². The molecule has 4 aromatic rings. The smallest absolute Gasteiger partial charge is 0.268 e. The maximum Gasteiger partial charge on any atom is 0.268 e. The first-order valence-corrected chi connectivity index (χ1v) is 13.3. The van der Waals surface area contributed by atoms with E-state index in [2.05, 4.69) is 10.6 Å². The Bertz CT molecular complexity index is 1590. The fourth-order valence-corrected chi connectivity index (χ4v) is 5.03. The predicted molar refractivity (Wildman–Crippen MR) is 144 cm³/mol. The van der Waals surface area contributed by atoms with Crippen molar-refractivity contribution < 1.29 is 18.0 Å². The number of para-hydroxylation sites is 2. The average Bonchev–Trinajstić information content (AvgIpc) is 3.30. The number of aromatic nitrogens is 1. The van der Waals surface area contributed by atoms with Crippen LogP contribution in [0.2, 0.25) is 0 Å². The number of nitrogens with zero attached hydrogens (tertiary/aromatic N) is 1. The lowest BCUT2D eigenvalue weighted by Gasteiger charge is -2.14. The van der Waals surface area contributed by atoms with E-state index < -0.39 is 21.7 Å². The molecule has 0 fully saturated rings. The standard InChI is InChI=1S/C27H27N5O4S/c1-2-37(35,36)24-10-6-4-8-21(24)30-17-25(33)32-22-9-5-3-7-20(22)15-23(32)27(34)31-16-18-11-13-19(14-12-18)26(28)29/h3-15,30H,2,16-17H2,1H3,(H3,28,29)(H,31,34). The Kier molecular flexibility index (Phi) is 7.40. The van der Waals surface area contributed by atoms with Gasteiger partial charge in [-0.15, -0.1) is 0 Å². The monoisotopic (exact) mass is 517 g/mol. The summed E-state index contributed by atoms with van der Waals surface area (Å²) in [6.07, 6.45) is 0. The first-order chi connectivity index (χ1) is 17.7. The summed E-state index contributed by atoms with van der Waals surface area (Å²) in [5.74, 6) is -0.957. The molecule has 0 spiro atoms. The second kappa shape index (κ2) is 10.7. The number of benzene rings is 3. The minimum absolute atomic E-state index is 0.0397. The van der Waals surface area contributed by atoms with Crippen LogP contribution < -0.4 is 16.4 Å². The third-order valence-electron chi connectivity index (χ3n) is 5.94. The van der Waals surface area contributed by atoms with Crippen LogP contribution in [0.25, 0.3) is 10.9 Å². The van der Waals surface area contributed by atoms with Gasteiger partial charge < -0.3 is 16.4 Å². The van der Waals surface area contributed by atoms with E-state index in [1.165, 1.54) is 10.6 Å². The summed E-state index contributed by atoms with van der Waals surface area (Å²) in [6.45, 7) is 1.56. The molecule has 10 heteroatoms. The van der Waals surface area contributed by atoms with Crippen molar-refractivity contribution in [2.75, 3.05) is 17.6 Å². The summed E-state index contributed by atoms with van der Waals surface area (Å²) in [4.78, 5) is 26.6. The molecule has 5 N–H and O–H groups in total. The lowest BCUT2D eigenvalue weighted by molar-refractivity contribution is 0.0886. The summed E-state index contributed by atoms with van der Waals surface area (Å²) < 4.78 is 26.2. The van der Waals surface area contributed by atoms with Crippen LogP contribution in [0.3, 0.4) is 0 Å². The number of carbonyl (C=O) groups is 2. The molecule has 0 bridgehead atoms. The van der Waals surface area contributed by atoms with Crippen LogP contribution in [0.4, 0.5) is 5.69 Å². The molecule has 9 nitrogen and oxygen atoms in total. The Morgan fingerprint density at radius 1 is 0.973 bits per heavy atom. The molecule has 4 rings (SSSR count). The number of amidine groups is 1. The zero-order valence-corrected chi connectivity index (χ0v) is 21.0. The molecular weight excluding hydrogens is 490 g/mol. The van der Waals surface area contributed by atoms with Crippen LogP contribution in [0.1, 0.15) is 33.3 Å². The van der Waals surface area contributed by atoms with E-state index in [4.69, 9.17) is 11.1 Å². The molecular formula is C27H27N5O4S. The van der Waals surface area contributed by atoms with Crippen molar-refractivity contribution in [2.24, 2.45) is 5.73 Å². The lowest BCUT2D eigenvalue weighted by atomic mass is 10.1. The molecule has 0 radical (unpaired) electrons. The van der Waals surface area contributed by atoms with Crippen LogP contribution >= 0.6 is 0 Å². The number of nitrogens with one attached hydrogen (secondary N) is 3. The Balaban J connectivity index is 1.57. The SMILES string of the molecule is CCS(=O)(=O)c1ccccc1NCC(=O)n1c(C(=O)NCc2ccc(C(=N)N)cc2)cc2ccccc21. The number of anilines is 1. The molecule has 190 valence electrons. The van der Waals surface area contributed by atoms with E-state index in [1.807, 2.05) is 12.1 Å². The summed E-state index contributed by atoms with van der Waals surface area (Å²) in [5.41, 5.74) is 7.95. The number of hydrogen-bond acceptors (Lipinski definition) is 6. The van der Waals surface area contributed by atoms with Crippen molar-refractivity contribution in [1.29, 1.82) is 5.41 Å². The van der Waals surface area contributed by atoms with Crippen molar-refractivity contribution in [3.05, 3.63) is 95.7 Å². The number of nitrogen functional groups attached to an aromatic ring is 1. The molecule has 0 aliphatic carbocycles. The van der Waals surface area contributed by atoms with Crippen molar-refractivity contribution in [1.82, 2.24) is 9.88 Å². The Morgan fingerprint density at radius 2 is 1.65 bits per heavy atom. The number of carbonyl (C=O) groups excluding carboxylic acids is 2. The molecule has 0 unspecified atom stereocenters. The molecule has 0 saturated heterocycles. The molecule has 1 amide bonds. The van der Waals surface area contributed by atoms with E-state index in [9.17, 15) is 18.0 Å². The third kappa shape index (κ3) is 5.54. The first kappa shape index (κ1) is 25.6. The average molecular weight is 518 g/mol. The highest BCUT2D eigenvalue weighted by Gasteiger charge is 2.21. The van der Waals surface area contributed by atoms with Gasteiger partial charge in [-0.25, -0.2) is 8.42 Å². The molecule has 1 heterocycles. The number of sulfone groups is 1. The van der Waals surface area contributed by atoms with E-state index in [0.717, 1.165) is 10.9 Å². The van der Waals surface area contributed by atoms with Gasteiger partial charge in [0.25, 0.3) is 11.8 Å². The van der Waals surface area contributed by atoms with Crippen molar-refractivity contribution in [3.8, 4) is 0 Å². The second-order valence-corrected chi connectivity index (χ2v) is 10.6. The molecule has 37 heavy (non-hydrogen) atoms. The van der Waals surface area contributed by atoms with E-state index in [1.54, 1.807) is 67.6 Å². The summed E-state index contributed by atoms with van der Waals surface area (Å²) in [6, 6.07) is 22.2. The van der Waals surface area contributed by atoms with E-state index in [-0.39, 0.29) is 35.3 Å². The maximum absolute atomic E-state index is 13.4. The summed E-state index contributed by atoms with van der Waals surface area (Å²) in [7, 11) is -3.49. The lowest BCUT2D eigenvalue weighted by Crippen LogP contribution is -2.30. The fraction of sp³-hybridized carbons (Fsp3) is 0.148. The van der Waals surface area contributed by atoms with Crippen molar-refractivity contribution in [2.45, 2.75) is 18.4 Å². The highest BCUT2D eigenvalue weighted by atomic mass is 32.2. The quantitative estimate of drug-likeness (QED) is 0.198. The van der Waals surface area contributed by atoms with Gasteiger partial charge in [-0.05, 0) is 29.8 Å². The zero-order chi connectivity index (χ0) is 26.6. The van der Waals surface area contributed by atoms with Gasteiger partial charge in [0.15, 0.2) is 9.84 Å². The van der Waals surface area contributed by atoms with Gasteiger partial charge in [-0.1, -0.05) is 61.5 Å². The summed E-state index contributed by atoms with van der Waals surface area (Å²) >= 11 is 0. The van der Waals surface area contributed by atoms with E-state index >= 15 is 0 Å². The fourth-order valence-electron chi connectivity index (χ4n) is 3.95. The number of fused-ring (bicyclic) bond motifs is 1. The van der Waals surface area contributed by atoms with Gasteiger partial charge in [-0.2, -0.15) is 0 Å². The van der Waals surface area contributed by atoms with Gasteiger partial charge in [0.2, 0.25) is 0 Å². The number of amides is 1. The molecule has 0 atom stereocenters. The second-order valence-electron chi connectivity index (χ2n) is 8.36. The summed E-state index contributed by atoms with van der Waals surface area (Å²) in [5, 5.41) is 14.0. The Hall–Kier alpha value is -4.44. The molecule has 0 aliphatic heterocycles. The topological polar surface area (TPSA) is 147 Å². The predicted octanol–water partition coefficient (Wildman–Crippen LogP) is 3.40. The van der Waals surface area contributed by atoms with Crippen molar-refractivity contribution >= 4 is 44.1 Å². The number of hydrogen-bond donors (Lipinski definition) is 4. The van der Waals surface area contributed by atoms with Gasteiger partial charge >= 0.3 is 0 Å². The van der Waals surface area contributed by atoms with Crippen LogP contribution in [-0.4, -0.2) is 42.9 Å². The Morgan fingerprint density at radius 3 is 2.35 bits per heavy atom. The highest BCUT2D eigenvalue weighted by Crippen LogP contribution is 2.23. The zero-order valence-electron chi connectivity index (χ0n) is 20.2. The van der Waals surface area contributed by atoms with E-state index in [0.29, 0.717) is 16.8 Å². The van der Waals surface area contributed by atoms with Gasteiger partial charge in [0.1, 0.15) is 11.5 Å². The van der Waals surface area contributed by atoms with Crippen LogP contribution in [0, 0.1) is 5.41 Å². The normalized spacial score (nSPS) is 11.3. The molecule has 1 aromatic heterocycles. The maximum atomic E-state index is 13.4. The first-order valence-electron chi connectivity index (χ1n) is 11.6.